The van der Waals surface area contributed by atoms with E-state index in [1.807, 2.05) is 0 Å². The van der Waals surface area contributed by atoms with Crippen molar-refractivity contribution in [2.24, 2.45) is 0 Å². The monoisotopic (exact) mass is 391 g/mol. The number of para-hydroxylation sites is 2. The van der Waals surface area contributed by atoms with Crippen molar-refractivity contribution in [3.8, 4) is 5.75 Å². The molecule has 0 saturated carbocycles. The second kappa shape index (κ2) is 9.36. The van der Waals surface area contributed by atoms with Crippen LogP contribution in [0, 0.1) is 5.82 Å². The van der Waals surface area contributed by atoms with E-state index in [1.165, 1.54) is 12.1 Å². The minimum Gasteiger partial charge on any atom is -0.506 e. The zero-order valence-electron chi connectivity index (χ0n) is 15.1. The van der Waals surface area contributed by atoms with Gasteiger partial charge in [0.2, 0.25) is 6.79 Å². The number of halogens is 1. The minimum absolute atomic E-state index is 0.107. The van der Waals surface area contributed by atoms with Gasteiger partial charge in [-0.3, -0.25) is 4.79 Å². The van der Waals surface area contributed by atoms with Crippen molar-refractivity contribution in [1.29, 1.82) is 0 Å². The van der Waals surface area contributed by atoms with Crippen molar-refractivity contribution in [1.82, 2.24) is 0 Å². The van der Waals surface area contributed by atoms with Crippen molar-refractivity contribution in [3.05, 3.63) is 59.4 Å². The molecule has 0 saturated heterocycles. The lowest BCUT2D eigenvalue weighted by molar-refractivity contribution is -0.0345. The third kappa shape index (κ3) is 5.70. The highest BCUT2D eigenvalue weighted by molar-refractivity contribution is 6.11. The van der Waals surface area contributed by atoms with Crippen LogP contribution in [-0.4, -0.2) is 36.0 Å². The number of esters is 1. The van der Waals surface area contributed by atoms with Crippen molar-refractivity contribution in [2.75, 3.05) is 12.1 Å². The Balaban J connectivity index is 2.10. The smallest absolute Gasteiger partial charge is 0.506 e. The molecule has 1 amide bonds. The Morgan fingerprint density at radius 3 is 2.46 bits per heavy atom. The highest BCUT2D eigenvalue weighted by Gasteiger charge is 2.21. The molecule has 0 aromatic heterocycles. The molecule has 2 N–H and O–H groups in total. The SMILES string of the molecule is CC(C)OC(=O)OCOC(=O)c1cc(F)ccc1C(=O)Nc1ccccc1O. The van der Waals surface area contributed by atoms with Crippen molar-refractivity contribution in [3.63, 3.8) is 0 Å². The number of aromatic hydroxyl groups is 1. The normalized spacial score (nSPS) is 10.3. The number of amides is 1. The lowest BCUT2D eigenvalue weighted by Gasteiger charge is -2.12. The summed E-state index contributed by atoms with van der Waals surface area (Å²) in [5.41, 5.74) is -0.468. The third-order valence-corrected chi connectivity index (χ3v) is 3.30. The van der Waals surface area contributed by atoms with Crippen LogP contribution in [0.15, 0.2) is 42.5 Å². The maximum absolute atomic E-state index is 13.6. The fourth-order valence-electron chi connectivity index (χ4n) is 2.09. The molecule has 2 aromatic carbocycles. The second-order valence-electron chi connectivity index (χ2n) is 5.77. The van der Waals surface area contributed by atoms with Crippen LogP contribution in [0.5, 0.6) is 5.75 Å². The molecule has 0 heterocycles. The summed E-state index contributed by atoms with van der Waals surface area (Å²) in [6.07, 6.45) is -1.46. The van der Waals surface area contributed by atoms with E-state index in [4.69, 9.17) is 9.47 Å². The Morgan fingerprint density at radius 1 is 1.07 bits per heavy atom. The number of phenols is 1. The molecule has 148 valence electrons. The van der Waals surface area contributed by atoms with Crippen LogP contribution in [0.3, 0.4) is 0 Å². The molecule has 0 aliphatic rings. The first-order valence-electron chi connectivity index (χ1n) is 8.17. The number of hydrogen-bond acceptors (Lipinski definition) is 7. The summed E-state index contributed by atoms with van der Waals surface area (Å²) in [6, 6.07) is 8.86. The number of rotatable bonds is 6. The summed E-state index contributed by atoms with van der Waals surface area (Å²) >= 11 is 0. The Labute approximate surface area is 159 Å². The highest BCUT2D eigenvalue weighted by atomic mass is 19.1. The van der Waals surface area contributed by atoms with Crippen LogP contribution >= 0.6 is 0 Å². The minimum atomic E-state index is -1.08. The van der Waals surface area contributed by atoms with Crippen molar-refractivity contribution < 1.29 is 38.1 Å². The van der Waals surface area contributed by atoms with Crippen LogP contribution in [-0.2, 0) is 14.2 Å². The van der Waals surface area contributed by atoms with Crippen LogP contribution in [0.2, 0.25) is 0 Å². The van der Waals surface area contributed by atoms with Gasteiger partial charge in [0.1, 0.15) is 11.6 Å². The molecular weight excluding hydrogens is 373 g/mol. The van der Waals surface area contributed by atoms with Crippen LogP contribution < -0.4 is 5.32 Å². The molecule has 0 atom stereocenters. The van der Waals surface area contributed by atoms with E-state index in [9.17, 15) is 23.9 Å². The predicted molar refractivity (Wildman–Crippen MR) is 95.4 cm³/mol. The molecule has 2 aromatic rings. The molecule has 9 heteroatoms. The van der Waals surface area contributed by atoms with E-state index in [1.54, 1.807) is 26.0 Å². The van der Waals surface area contributed by atoms with Gasteiger partial charge in [-0.15, -0.1) is 0 Å². The highest BCUT2D eigenvalue weighted by Crippen LogP contribution is 2.23. The molecule has 28 heavy (non-hydrogen) atoms. The maximum Gasteiger partial charge on any atom is 0.511 e. The van der Waals surface area contributed by atoms with E-state index in [0.29, 0.717) is 0 Å². The summed E-state index contributed by atoms with van der Waals surface area (Å²) in [7, 11) is 0. The van der Waals surface area contributed by atoms with Gasteiger partial charge in [0.05, 0.1) is 22.9 Å². The number of ether oxygens (including phenoxy) is 3. The van der Waals surface area contributed by atoms with Crippen molar-refractivity contribution >= 4 is 23.7 Å². The fraction of sp³-hybridized carbons (Fsp3) is 0.211. The van der Waals surface area contributed by atoms with Gasteiger partial charge in [-0.1, -0.05) is 12.1 Å². The summed E-state index contributed by atoms with van der Waals surface area (Å²) < 4.78 is 27.6. The molecule has 0 radical (unpaired) electrons. The number of phenolic OH excluding ortho intramolecular Hbond substituents is 1. The first-order valence-corrected chi connectivity index (χ1v) is 8.17. The lowest BCUT2D eigenvalue weighted by atomic mass is 10.1. The average molecular weight is 391 g/mol. The van der Waals surface area contributed by atoms with Gasteiger partial charge in [-0.2, -0.15) is 0 Å². The molecule has 0 aliphatic heterocycles. The van der Waals surface area contributed by atoms with Crippen LogP contribution in [0.4, 0.5) is 14.9 Å². The van der Waals surface area contributed by atoms with E-state index in [2.05, 4.69) is 10.1 Å². The maximum atomic E-state index is 13.6. The Hall–Kier alpha value is -3.62. The van der Waals surface area contributed by atoms with E-state index < -0.39 is 36.7 Å². The molecule has 8 nitrogen and oxygen atoms in total. The third-order valence-electron chi connectivity index (χ3n) is 3.30. The number of hydrogen-bond donors (Lipinski definition) is 2. The molecular formula is C19H18FNO7. The molecule has 0 aliphatic carbocycles. The van der Waals surface area contributed by atoms with Gasteiger partial charge in [0.25, 0.3) is 5.91 Å². The zero-order valence-corrected chi connectivity index (χ0v) is 15.1. The summed E-state index contributed by atoms with van der Waals surface area (Å²) in [5, 5.41) is 12.1. The molecule has 0 unspecified atom stereocenters. The number of carbonyl (C=O) groups excluding carboxylic acids is 3. The first-order chi connectivity index (χ1) is 13.3. The van der Waals surface area contributed by atoms with E-state index in [-0.39, 0.29) is 22.6 Å². The number of benzene rings is 2. The molecule has 0 fully saturated rings. The fourth-order valence-corrected chi connectivity index (χ4v) is 2.09. The average Bonchev–Trinajstić information content (AvgIpc) is 2.62. The van der Waals surface area contributed by atoms with Gasteiger partial charge in [-0.25, -0.2) is 14.0 Å². The first kappa shape index (κ1) is 20.7. The summed E-state index contributed by atoms with van der Waals surface area (Å²) in [6.45, 7) is 2.44. The summed E-state index contributed by atoms with van der Waals surface area (Å²) in [5.74, 6) is -2.81. The Morgan fingerprint density at radius 2 is 1.79 bits per heavy atom. The van der Waals surface area contributed by atoms with Gasteiger partial charge in [0, 0.05) is 0 Å². The summed E-state index contributed by atoms with van der Waals surface area (Å²) in [4.78, 5) is 35.9. The lowest BCUT2D eigenvalue weighted by Crippen LogP contribution is -2.20. The number of nitrogens with one attached hydrogen (secondary N) is 1. The van der Waals surface area contributed by atoms with Crippen LogP contribution in [0.1, 0.15) is 34.6 Å². The molecule has 0 spiro atoms. The van der Waals surface area contributed by atoms with E-state index in [0.717, 1.165) is 18.2 Å². The molecule has 0 bridgehead atoms. The van der Waals surface area contributed by atoms with Gasteiger partial charge in [-0.05, 0) is 44.2 Å². The standard InChI is InChI=1S/C19H18FNO7/c1-11(2)28-19(25)27-10-26-18(24)14-9-12(20)7-8-13(14)17(23)21-15-5-3-4-6-16(15)22/h3-9,11,22H,10H2,1-2H3,(H,21,23). The number of anilines is 1. The topological polar surface area (TPSA) is 111 Å². The number of carbonyl (C=O) groups is 3. The molecule has 2 rings (SSSR count). The Kier molecular flexibility index (Phi) is 6.91. The Bertz CT molecular complexity index is 882. The zero-order chi connectivity index (χ0) is 20.7. The van der Waals surface area contributed by atoms with E-state index >= 15 is 0 Å². The largest absolute Gasteiger partial charge is 0.511 e. The second-order valence-corrected chi connectivity index (χ2v) is 5.77. The quantitative estimate of drug-likeness (QED) is 0.441. The van der Waals surface area contributed by atoms with Gasteiger partial charge in [0.15, 0.2) is 0 Å². The van der Waals surface area contributed by atoms with Crippen LogP contribution in [0.25, 0.3) is 0 Å². The van der Waals surface area contributed by atoms with Gasteiger partial charge < -0.3 is 24.6 Å². The predicted octanol–water partition coefficient (Wildman–Crippen LogP) is 3.46. The van der Waals surface area contributed by atoms with Crippen molar-refractivity contribution in [2.45, 2.75) is 20.0 Å². The van der Waals surface area contributed by atoms with Gasteiger partial charge >= 0.3 is 12.1 Å².